The molecule has 0 radical (unpaired) electrons. The van der Waals surface area contributed by atoms with Crippen LogP contribution in [0.2, 0.25) is 0 Å². The normalized spacial score (nSPS) is 22.2. The highest BCUT2D eigenvalue weighted by Gasteiger charge is 2.39. The predicted octanol–water partition coefficient (Wildman–Crippen LogP) is 3.50. The maximum Gasteiger partial charge on any atom is 0.224 e. The summed E-state index contributed by atoms with van der Waals surface area (Å²) in [5, 5.41) is 13.2. The summed E-state index contributed by atoms with van der Waals surface area (Å²) in [6.45, 7) is 4.69. The quantitative estimate of drug-likeness (QED) is 0.616. The van der Waals surface area contributed by atoms with Crippen molar-refractivity contribution in [3.05, 3.63) is 35.9 Å². The lowest BCUT2D eigenvalue weighted by molar-refractivity contribution is -0.140. The van der Waals surface area contributed by atoms with Crippen molar-refractivity contribution < 1.29 is 14.3 Å². The first-order chi connectivity index (χ1) is 17.1. The topological polar surface area (TPSA) is 85.7 Å². The van der Waals surface area contributed by atoms with Crippen LogP contribution in [0.5, 0.6) is 0 Å². The van der Waals surface area contributed by atoms with Crippen LogP contribution in [0, 0.1) is 23.2 Å². The van der Waals surface area contributed by atoms with Gasteiger partial charge in [0.05, 0.1) is 19.3 Å². The number of carbonyl (C=O) groups excluding carboxylic acids is 2. The van der Waals surface area contributed by atoms with E-state index in [1.807, 2.05) is 23.1 Å². The molecule has 0 aromatic heterocycles. The zero-order valence-corrected chi connectivity index (χ0v) is 20.9. The number of nitrogens with zero attached hydrogens (tertiary/aromatic N) is 3. The summed E-state index contributed by atoms with van der Waals surface area (Å²) in [5.41, 5.74) is 0.409. The molecule has 1 unspecified atom stereocenters. The number of ether oxygens (including phenoxy) is 1. The molecule has 2 amide bonds. The zero-order chi connectivity index (χ0) is 24.5. The Labute approximate surface area is 209 Å². The Kier molecular flexibility index (Phi) is 9.17. The van der Waals surface area contributed by atoms with Crippen molar-refractivity contribution in [1.82, 2.24) is 15.1 Å². The molecule has 3 aliphatic rings. The average Bonchev–Trinajstić information content (AvgIpc) is 2.91. The van der Waals surface area contributed by atoms with Gasteiger partial charge in [-0.2, -0.15) is 5.26 Å². The number of hydrogen-bond acceptors (Lipinski definition) is 5. The fourth-order valence-corrected chi connectivity index (χ4v) is 5.80. The van der Waals surface area contributed by atoms with Gasteiger partial charge in [-0.3, -0.25) is 14.5 Å². The van der Waals surface area contributed by atoms with Gasteiger partial charge in [0.2, 0.25) is 11.8 Å². The monoisotopic (exact) mass is 480 g/mol. The minimum absolute atomic E-state index is 0.0351. The third kappa shape index (κ3) is 7.28. The van der Waals surface area contributed by atoms with Crippen molar-refractivity contribution in [3.63, 3.8) is 0 Å². The standard InChI is InChI=1S/C28H40N4O3/c29-22-28(11-13-31(14-12-28)21-24-9-5-2-6-10-24)30-27(34)25(19-23-7-3-1-4-8-23)20-26(33)32-15-17-35-18-16-32/h2,5-6,9-10,23,25H,1,3-4,7-8,11-21H2,(H,30,34). The number of piperidine rings is 1. The Morgan fingerprint density at radius 3 is 2.40 bits per heavy atom. The summed E-state index contributed by atoms with van der Waals surface area (Å²) in [4.78, 5) is 30.8. The van der Waals surface area contributed by atoms with E-state index >= 15 is 0 Å². The molecule has 1 aromatic carbocycles. The molecule has 1 N–H and O–H groups in total. The van der Waals surface area contributed by atoms with Crippen LogP contribution in [0.3, 0.4) is 0 Å². The summed E-state index contributed by atoms with van der Waals surface area (Å²) < 4.78 is 5.39. The van der Waals surface area contributed by atoms with E-state index in [0.717, 1.165) is 38.9 Å². The van der Waals surface area contributed by atoms with Gasteiger partial charge >= 0.3 is 0 Å². The lowest BCUT2D eigenvalue weighted by atomic mass is 9.80. The van der Waals surface area contributed by atoms with Crippen LogP contribution in [0.1, 0.15) is 63.4 Å². The van der Waals surface area contributed by atoms with Crippen LogP contribution in [0.25, 0.3) is 0 Å². The van der Waals surface area contributed by atoms with E-state index in [0.29, 0.717) is 45.1 Å². The molecule has 1 aliphatic carbocycles. The third-order valence-corrected chi connectivity index (χ3v) is 8.03. The number of hydrogen-bond donors (Lipinski definition) is 1. The first-order valence-corrected chi connectivity index (χ1v) is 13.4. The molecule has 1 saturated carbocycles. The maximum absolute atomic E-state index is 13.6. The minimum atomic E-state index is -0.850. The van der Waals surface area contributed by atoms with E-state index in [2.05, 4.69) is 28.4 Å². The smallest absolute Gasteiger partial charge is 0.224 e. The highest BCUT2D eigenvalue weighted by molar-refractivity contribution is 5.86. The summed E-state index contributed by atoms with van der Waals surface area (Å²) in [5.74, 6) is 0.0342. The molecular formula is C28H40N4O3. The number of morpholine rings is 1. The molecule has 0 spiro atoms. The second kappa shape index (κ2) is 12.5. The molecule has 0 bridgehead atoms. The second-order valence-electron chi connectivity index (χ2n) is 10.6. The Bertz CT molecular complexity index is 864. The van der Waals surface area contributed by atoms with Crippen LogP contribution in [0.4, 0.5) is 0 Å². The first-order valence-electron chi connectivity index (χ1n) is 13.4. The summed E-state index contributed by atoms with van der Waals surface area (Å²) in [6, 6.07) is 12.8. The molecule has 7 nitrogen and oxygen atoms in total. The molecule has 2 heterocycles. The number of carbonyl (C=O) groups is 2. The Balaban J connectivity index is 1.37. The van der Waals surface area contributed by atoms with Crippen LogP contribution in [0.15, 0.2) is 30.3 Å². The fourth-order valence-electron chi connectivity index (χ4n) is 5.80. The van der Waals surface area contributed by atoms with Gasteiger partial charge in [-0.05, 0) is 30.7 Å². The third-order valence-electron chi connectivity index (χ3n) is 8.03. The molecule has 1 atom stereocenters. The minimum Gasteiger partial charge on any atom is -0.378 e. The lowest BCUT2D eigenvalue weighted by Crippen LogP contribution is -2.56. The van der Waals surface area contributed by atoms with Crippen LogP contribution in [-0.4, -0.2) is 66.5 Å². The van der Waals surface area contributed by atoms with Gasteiger partial charge in [0, 0.05) is 45.1 Å². The van der Waals surface area contributed by atoms with Crippen molar-refractivity contribution in [3.8, 4) is 6.07 Å². The van der Waals surface area contributed by atoms with Crippen molar-refractivity contribution in [2.24, 2.45) is 11.8 Å². The van der Waals surface area contributed by atoms with E-state index in [1.165, 1.54) is 24.8 Å². The lowest BCUT2D eigenvalue weighted by Gasteiger charge is -2.39. The number of nitrogens with one attached hydrogen (secondary N) is 1. The maximum atomic E-state index is 13.6. The molecule has 190 valence electrons. The van der Waals surface area contributed by atoms with Crippen molar-refractivity contribution >= 4 is 11.8 Å². The van der Waals surface area contributed by atoms with E-state index in [9.17, 15) is 14.9 Å². The van der Waals surface area contributed by atoms with Gasteiger partial charge in [0.1, 0.15) is 5.54 Å². The van der Waals surface area contributed by atoms with E-state index < -0.39 is 5.54 Å². The summed E-state index contributed by atoms with van der Waals surface area (Å²) >= 11 is 0. The van der Waals surface area contributed by atoms with Gasteiger partial charge in [0.25, 0.3) is 0 Å². The largest absolute Gasteiger partial charge is 0.378 e. The van der Waals surface area contributed by atoms with E-state index in [-0.39, 0.29) is 24.2 Å². The first kappa shape index (κ1) is 25.7. The number of amides is 2. The highest BCUT2D eigenvalue weighted by atomic mass is 16.5. The predicted molar refractivity (Wildman–Crippen MR) is 134 cm³/mol. The number of likely N-dealkylation sites (tertiary alicyclic amines) is 1. The van der Waals surface area contributed by atoms with Gasteiger partial charge < -0.3 is 15.0 Å². The molecule has 3 fully saturated rings. The van der Waals surface area contributed by atoms with Crippen LogP contribution >= 0.6 is 0 Å². The Morgan fingerprint density at radius 2 is 1.74 bits per heavy atom. The van der Waals surface area contributed by atoms with Crippen molar-refractivity contribution in [2.75, 3.05) is 39.4 Å². The van der Waals surface area contributed by atoms with Crippen LogP contribution in [-0.2, 0) is 20.9 Å². The van der Waals surface area contributed by atoms with Gasteiger partial charge in [0.15, 0.2) is 0 Å². The molecule has 35 heavy (non-hydrogen) atoms. The SMILES string of the molecule is N#CC1(NC(=O)C(CC(=O)N2CCOCC2)CC2CCCCC2)CCN(Cc2ccccc2)CC1. The number of rotatable bonds is 8. The fraction of sp³-hybridized carbons (Fsp3) is 0.679. The second-order valence-corrected chi connectivity index (χ2v) is 10.6. The molecular weight excluding hydrogens is 440 g/mol. The van der Waals surface area contributed by atoms with Crippen molar-refractivity contribution in [2.45, 2.75) is 69.9 Å². The van der Waals surface area contributed by atoms with E-state index in [4.69, 9.17) is 4.74 Å². The number of benzene rings is 1. The average molecular weight is 481 g/mol. The van der Waals surface area contributed by atoms with Crippen LogP contribution < -0.4 is 5.32 Å². The summed E-state index contributed by atoms with van der Waals surface area (Å²) in [6.07, 6.45) is 8.11. The van der Waals surface area contributed by atoms with E-state index in [1.54, 1.807) is 0 Å². The Morgan fingerprint density at radius 1 is 1.06 bits per heavy atom. The number of nitriles is 1. The molecule has 2 aliphatic heterocycles. The van der Waals surface area contributed by atoms with Gasteiger partial charge in [-0.15, -0.1) is 0 Å². The molecule has 7 heteroatoms. The highest BCUT2D eigenvalue weighted by Crippen LogP contribution is 2.32. The van der Waals surface area contributed by atoms with Crippen molar-refractivity contribution in [1.29, 1.82) is 5.26 Å². The molecule has 4 rings (SSSR count). The zero-order valence-electron chi connectivity index (χ0n) is 20.9. The van der Waals surface area contributed by atoms with Gasteiger partial charge in [-0.25, -0.2) is 0 Å². The summed E-state index contributed by atoms with van der Waals surface area (Å²) in [7, 11) is 0. The van der Waals surface area contributed by atoms with Gasteiger partial charge in [-0.1, -0.05) is 62.4 Å². The Hall–Kier alpha value is -2.43. The molecule has 1 aromatic rings. The molecule has 2 saturated heterocycles.